The number of amides is 2. The summed E-state index contributed by atoms with van der Waals surface area (Å²) in [5.41, 5.74) is 0.144. The minimum Gasteiger partial charge on any atom is -0.461 e. The molecule has 1 aromatic carbocycles. The summed E-state index contributed by atoms with van der Waals surface area (Å²) in [5.74, 6) is -1.26. The highest BCUT2D eigenvalue weighted by Gasteiger charge is 2.37. The minimum atomic E-state index is -0.804. The average Bonchev–Trinajstić information content (AvgIpc) is 3.40. The van der Waals surface area contributed by atoms with E-state index in [0.717, 1.165) is 0 Å². The zero-order chi connectivity index (χ0) is 29.1. The third kappa shape index (κ3) is 7.19. The van der Waals surface area contributed by atoms with Crippen LogP contribution in [0.25, 0.3) is 17.0 Å². The molecule has 2 heterocycles. The van der Waals surface area contributed by atoms with E-state index in [2.05, 4.69) is 5.32 Å². The van der Waals surface area contributed by atoms with Gasteiger partial charge in [0.25, 0.3) is 0 Å². The average molecular weight is 542 g/mol. The van der Waals surface area contributed by atoms with Crippen molar-refractivity contribution in [1.29, 1.82) is 0 Å². The van der Waals surface area contributed by atoms with Gasteiger partial charge in [-0.25, -0.2) is 19.0 Å². The number of ether oxygens (including phenoxy) is 3. The third-order valence-electron chi connectivity index (χ3n) is 5.96. The third-order valence-corrected chi connectivity index (χ3v) is 5.96. The van der Waals surface area contributed by atoms with Crippen LogP contribution in [0.2, 0.25) is 0 Å². The molecule has 0 aliphatic carbocycles. The number of esters is 1. The van der Waals surface area contributed by atoms with Gasteiger partial charge < -0.3 is 19.5 Å². The first kappa shape index (κ1) is 29.7. The first-order valence-corrected chi connectivity index (χ1v) is 13.2. The molecule has 1 N–H and O–H groups in total. The normalized spacial score (nSPS) is 16.3. The van der Waals surface area contributed by atoms with Gasteiger partial charge in [0.05, 0.1) is 12.1 Å². The molecule has 3 rings (SSSR count). The molecule has 1 aliphatic heterocycles. The van der Waals surface area contributed by atoms with Crippen LogP contribution < -0.4 is 5.32 Å². The van der Waals surface area contributed by atoms with Crippen molar-refractivity contribution >= 4 is 41.0 Å². The summed E-state index contributed by atoms with van der Waals surface area (Å²) in [7, 11) is 0. The summed E-state index contributed by atoms with van der Waals surface area (Å²) in [6.07, 6.45) is 1.41. The fourth-order valence-electron chi connectivity index (χ4n) is 4.41. The van der Waals surface area contributed by atoms with Crippen LogP contribution in [0, 0.1) is 6.92 Å². The number of benzene rings is 1. The lowest BCUT2D eigenvalue weighted by atomic mass is 10.1. The van der Waals surface area contributed by atoms with Crippen LogP contribution in [-0.4, -0.2) is 63.9 Å². The van der Waals surface area contributed by atoms with Gasteiger partial charge in [-0.2, -0.15) is 0 Å². The van der Waals surface area contributed by atoms with Crippen molar-refractivity contribution in [1.82, 2.24) is 14.8 Å². The van der Waals surface area contributed by atoms with Crippen molar-refractivity contribution in [2.75, 3.05) is 13.2 Å². The van der Waals surface area contributed by atoms with Crippen molar-refractivity contribution in [3.8, 4) is 0 Å². The van der Waals surface area contributed by atoms with Crippen LogP contribution in [-0.2, 0) is 23.8 Å². The number of nitrogens with one attached hydrogen (secondary N) is 1. The Morgan fingerprint density at radius 3 is 2.23 bits per heavy atom. The topological polar surface area (TPSA) is 116 Å². The van der Waals surface area contributed by atoms with Gasteiger partial charge in [0, 0.05) is 23.2 Å². The summed E-state index contributed by atoms with van der Waals surface area (Å²) in [6, 6.07) is 6.42. The molecule has 2 aromatic rings. The van der Waals surface area contributed by atoms with Crippen LogP contribution in [0.4, 0.5) is 9.59 Å². The number of hydrogen-bond acceptors (Lipinski definition) is 7. The Morgan fingerprint density at radius 2 is 1.62 bits per heavy atom. The summed E-state index contributed by atoms with van der Waals surface area (Å²) in [6.45, 7) is 14.5. The zero-order valence-corrected chi connectivity index (χ0v) is 24.0. The molecule has 10 heteroatoms. The SMILES string of the molecule is CCOC(=O)/C(=C/c1c(C)n(C(=O)OC(C)(C)C)c2ccccc12)NC(=O)[C@@H]1CCCN1C(=O)OC(C)(C)C. The number of carbonyl (C=O) groups is 4. The van der Waals surface area contributed by atoms with Gasteiger partial charge in [0.1, 0.15) is 22.9 Å². The Labute approximate surface area is 229 Å². The minimum absolute atomic E-state index is 0.0954. The number of para-hydroxylation sites is 1. The largest absolute Gasteiger partial charge is 0.461 e. The number of rotatable bonds is 5. The first-order valence-electron chi connectivity index (χ1n) is 13.2. The monoisotopic (exact) mass is 541 g/mol. The van der Waals surface area contributed by atoms with E-state index in [0.29, 0.717) is 41.5 Å². The van der Waals surface area contributed by atoms with E-state index >= 15 is 0 Å². The maximum atomic E-state index is 13.4. The van der Waals surface area contributed by atoms with Crippen molar-refractivity contribution < 1.29 is 33.4 Å². The number of fused-ring (bicyclic) bond motifs is 1. The second kappa shape index (κ2) is 11.5. The number of likely N-dealkylation sites (tertiary alicyclic amines) is 1. The molecule has 212 valence electrons. The second-order valence-electron chi connectivity index (χ2n) is 11.4. The van der Waals surface area contributed by atoms with Crippen molar-refractivity contribution in [3.05, 3.63) is 41.2 Å². The molecule has 0 unspecified atom stereocenters. The second-order valence-corrected chi connectivity index (χ2v) is 11.4. The number of aromatic nitrogens is 1. The van der Waals surface area contributed by atoms with Crippen LogP contribution in [0.15, 0.2) is 30.0 Å². The molecule has 1 aliphatic rings. The van der Waals surface area contributed by atoms with Gasteiger partial charge in [-0.15, -0.1) is 0 Å². The molecular weight excluding hydrogens is 502 g/mol. The number of carbonyl (C=O) groups excluding carboxylic acids is 4. The van der Waals surface area contributed by atoms with Crippen LogP contribution in [0.3, 0.4) is 0 Å². The molecule has 1 fully saturated rings. The lowest BCUT2D eigenvalue weighted by Crippen LogP contribution is -2.48. The summed E-state index contributed by atoms with van der Waals surface area (Å²) in [5, 5.41) is 3.37. The van der Waals surface area contributed by atoms with Crippen molar-refractivity contribution in [2.24, 2.45) is 0 Å². The predicted octanol–water partition coefficient (Wildman–Crippen LogP) is 5.15. The van der Waals surface area contributed by atoms with E-state index < -0.39 is 41.3 Å². The molecular formula is C29H39N3O7. The summed E-state index contributed by atoms with van der Waals surface area (Å²) in [4.78, 5) is 53.5. The Bertz CT molecular complexity index is 1290. The zero-order valence-electron chi connectivity index (χ0n) is 24.0. The van der Waals surface area contributed by atoms with Gasteiger partial charge >= 0.3 is 18.2 Å². The van der Waals surface area contributed by atoms with Gasteiger partial charge in [-0.05, 0) is 80.4 Å². The van der Waals surface area contributed by atoms with Crippen molar-refractivity contribution in [2.45, 2.75) is 85.5 Å². The van der Waals surface area contributed by atoms with Crippen molar-refractivity contribution in [3.63, 3.8) is 0 Å². The summed E-state index contributed by atoms with van der Waals surface area (Å²) < 4.78 is 17.7. The van der Waals surface area contributed by atoms with Gasteiger partial charge in [0.15, 0.2) is 0 Å². The van der Waals surface area contributed by atoms with E-state index in [4.69, 9.17) is 14.2 Å². The van der Waals surface area contributed by atoms with E-state index in [1.165, 1.54) is 15.5 Å². The maximum absolute atomic E-state index is 13.4. The molecule has 39 heavy (non-hydrogen) atoms. The molecule has 1 aromatic heterocycles. The molecule has 1 saturated heterocycles. The highest BCUT2D eigenvalue weighted by atomic mass is 16.6. The highest BCUT2D eigenvalue weighted by Crippen LogP contribution is 2.29. The quantitative estimate of drug-likeness (QED) is 0.316. The lowest BCUT2D eigenvalue weighted by molar-refractivity contribution is -0.140. The van der Waals surface area contributed by atoms with E-state index in [1.54, 1.807) is 67.5 Å². The first-order chi connectivity index (χ1) is 18.1. The van der Waals surface area contributed by atoms with Crippen LogP contribution in [0.1, 0.15) is 72.6 Å². The predicted molar refractivity (Wildman–Crippen MR) is 147 cm³/mol. The van der Waals surface area contributed by atoms with E-state index in [1.807, 2.05) is 12.1 Å². The standard InChI is InChI=1S/C29H39N3O7/c1-9-37-25(34)21(30-24(33)23-15-12-16-31(23)26(35)38-28(3,4)5)17-20-18(2)32(27(36)39-29(6,7)8)22-14-11-10-13-19(20)22/h10-11,13-14,17,23H,9,12,15-16H2,1-8H3,(H,30,33)/b21-17-/t23-/m0/s1. The van der Waals surface area contributed by atoms with E-state index in [9.17, 15) is 19.2 Å². The summed E-state index contributed by atoms with van der Waals surface area (Å²) >= 11 is 0. The highest BCUT2D eigenvalue weighted by molar-refractivity contribution is 6.04. The molecule has 1 atom stereocenters. The van der Waals surface area contributed by atoms with E-state index in [-0.39, 0.29) is 12.3 Å². The smallest absolute Gasteiger partial charge is 0.419 e. The van der Waals surface area contributed by atoms with Gasteiger partial charge in [-0.3, -0.25) is 9.69 Å². The Hall–Kier alpha value is -3.82. The molecule has 0 bridgehead atoms. The molecule has 2 amide bonds. The molecule has 0 radical (unpaired) electrons. The van der Waals surface area contributed by atoms with Crippen LogP contribution in [0.5, 0.6) is 0 Å². The fourth-order valence-corrected chi connectivity index (χ4v) is 4.41. The maximum Gasteiger partial charge on any atom is 0.419 e. The molecule has 10 nitrogen and oxygen atoms in total. The van der Waals surface area contributed by atoms with Gasteiger partial charge in [0.2, 0.25) is 5.91 Å². The van der Waals surface area contributed by atoms with Crippen LogP contribution >= 0.6 is 0 Å². The number of hydrogen-bond donors (Lipinski definition) is 1. The molecule has 0 saturated carbocycles. The fraction of sp³-hybridized carbons (Fsp3) is 0.517. The Kier molecular flexibility index (Phi) is 8.77. The Morgan fingerprint density at radius 1 is 1.00 bits per heavy atom. The Balaban J connectivity index is 2.01. The lowest BCUT2D eigenvalue weighted by Gasteiger charge is -2.28. The van der Waals surface area contributed by atoms with Gasteiger partial charge in [-0.1, -0.05) is 18.2 Å². The molecule has 0 spiro atoms. The number of nitrogens with zero attached hydrogens (tertiary/aromatic N) is 2.